The summed E-state index contributed by atoms with van der Waals surface area (Å²) in [6.07, 6.45) is 1.54. The standard InChI is InChI=1S/C20H24Cl2F2N4O2.C10H12Cl2O/c1-12(29)26-4-2-15(3-5-26)27-8-14(9-27)25-13-6-16(21)18(17(22)7-13)19(30)28-10-20(23,24)11-28;1-6(7(2)13)9-5-8(11)3-4-10(9)12/h6-7,14-15,25H,2-5,8-11H2,1H3;3-7,13H,1-2H3. The normalized spacial score (nSPS) is 20.3. The maximum atomic E-state index is 13.0. The summed E-state index contributed by atoms with van der Waals surface area (Å²) in [7, 11) is 0. The zero-order chi connectivity index (χ0) is 31.6. The minimum absolute atomic E-state index is 0.00574. The van der Waals surface area contributed by atoms with Crippen LogP contribution in [0.3, 0.4) is 0 Å². The number of carbonyl (C=O) groups is 2. The molecule has 2 N–H and O–H groups in total. The highest BCUT2D eigenvalue weighted by molar-refractivity contribution is 6.40. The lowest BCUT2D eigenvalue weighted by molar-refractivity contribution is -0.130. The maximum Gasteiger partial charge on any atom is 0.282 e. The summed E-state index contributed by atoms with van der Waals surface area (Å²) in [6.45, 7) is 7.41. The molecule has 2 amide bonds. The summed E-state index contributed by atoms with van der Waals surface area (Å²) in [6, 6.07) is 9.24. The number of aliphatic hydroxyl groups excluding tert-OH is 1. The van der Waals surface area contributed by atoms with Crippen molar-refractivity contribution in [2.24, 2.45) is 0 Å². The molecule has 3 heterocycles. The lowest BCUT2D eigenvalue weighted by Crippen LogP contribution is -2.60. The number of nitrogens with one attached hydrogen (secondary N) is 1. The summed E-state index contributed by atoms with van der Waals surface area (Å²) in [5.41, 5.74) is 1.66. The number of benzene rings is 2. The van der Waals surface area contributed by atoms with Gasteiger partial charge in [-0.05, 0) is 55.7 Å². The molecule has 7 nitrogen and oxygen atoms in total. The summed E-state index contributed by atoms with van der Waals surface area (Å²) in [4.78, 5) is 29.2. The second-order valence-corrected chi connectivity index (χ2v) is 13.2. The van der Waals surface area contributed by atoms with Gasteiger partial charge in [0.1, 0.15) is 0 Å². The summed E-state index contributed by atoms with van der Waals surface area (Å²) >= 11 is 24.3. The Hall–Kier alpha value is -1.88. The van der Waals surface area contributed by atoms with Crippen LogP contribution in [-0.4, -0.2) is 95.0 Å². The maximum absolute atomic E-state index is 13.0. The van der Waals surface area contributed by atoms with Gasteiger partial charge in [0.2, 0.25) is 5.91 Å². The van der Waals surface area contributed by atoms with Crippen molar-refractivity contribution in [2.45, 2.75) is 63.6 Å². The van der Waals surface area contributed by atoms with Gasteiger partial charge >= 0.3 is 0 Å². The highest BCUT2D eigenvalue weighted by Crippen LogP contribution is 2.35. The van der Waals surface area contributed by atoms with E-state index < -0.39 is 31.0 Å². The van der Waals surface area contributed by atoms with Crippen molar-refractivity contribution < 1.29 is 23.5 Å². The van der Waals surface area contributed by atoms with Crippen LogP contribution in [0, 0.1) is 0 Å². The average molecular weight is 680 g/mol. The number of hydrogen-bond donors (Lipinski definition) is 2. The zero-order valence-corrected chi connectivity index (χ0v) is 27.2. The number of amides is 2. The Balaban J connectivity index is 0.000000273. The van der Waals surface area contributed by atoms with Crippen molar-refractivity contribution in [3.8, 4) is 0 Å². The number of alkyl halides is 2. The fourth-order valence-corrected chi connectivity index (χ4v) is 6.60. The Labute approximate surface area is 271 Å². The first-order chi connectivity index (χ1) is 20.1. The molecule has 0 aromatic heterocycles. The lowest BCUT2D eigenvalue weighted by atomic mass is 9.96. The molecule has 3 fully saturated rings. The number of halogens is 6. The van der Waals surface area contributed by atoms with E-state index in [1.54, 1.807) is 44.2 Å². The van der Waals surface area contributed by atoms with Gasteiger partial charge in [-0.3, -0.25) is 14.5 Å². The van der Waals surface area contributed by atoms with Gasteiger partial charge in [0.05, 0.1) is 40.8 Å². The number of carbonyl (C=O) groups excluding carboxylic acids is 2. The van der Waals surface area contributed by atoms with E-state index >= 15 is 0 Å². The second-order valence-electron chi connectivity index (χ2n) is 11.6. The molecule has 0 saturated carbocycles. The molecule has 236 valence electrons. The lowest BCUT2D eigenvalue weighted by Gasteiger charge is -2.47. The van der Waals surface area contributed by atoms with Gasteiger partial charge in [0.15, 0.2) is 0 Å². The topological polar surface area (TPSA) is 76.1 Å². The van der Waals surface area contributed by atoms with E-state index in [1.165, 1.54) is 0 Å². The third-order valence-electron chi connectivity index (χ3n) is 8.27. The fraction of sp³-hybridized carbons (Fsp3) is 0.533. The molecular weight excluding hydrogens is 644 g/mol. The molecule has 0 bridgehead atoms. The number of anilines is 1. The third kappa shape index (κ3) is 8.44. The van der Waals surface area contributed by atoms with Gasteiger partial charge in [-0.25, -0.2) is 8.78 Å². The molecule has 5 rings (SSSR count). The molecule has 3 aliphatic heterocycles. The van der Waals surface area contributed by atoms with E-state index in [0.29, 0.717) is 21.8 Å². The zero-order valence-electron chi connectivity index (χ0n) is 24.2. The largest absolute Gasteiger partial charge is 0.393 e. The van der Waals surface area contributed by atoms with Crippen molar-refractivity contribution in [1.29, 1.82) is 0 Å². The van der Waals surface area contributed by atoms with Gasteiger partial charge in [-0.1, -0.05) is 53.3 Å². The Morgan fingerprint density at radius 2 is 1.53 bits per heavy atom. The van der Waals surface area contributed by atoms with Crippen LogP contribution < -0.4 is 5.32 Å². The number of piperidine rings is 1. The van der Waals surface area contributed by atoms with Crippen LogP contribution in [0.25, 0.3) is 0 Å². The predicted octanol–water partition coefficient (Wildman–Crippen LogP) is 6.67. The van der Waals surface area contributed by atoms with Gasteiger partial charge in [-0.2, -0.15) is 0 Å². The van der Waals surface area contributed by atoms with Gasteiger partial charge in [0, 0.05) is 60.8 Å². The van der Waals surface area contributed by atoms with Crippen LogP contribution in [0.1, 0.15) is 55.5 Å². The minimum atomic E-state index is -2.84. The SMILES string of the molecule is CC(=O)N1CCC(N2CC(Nc3cc(Cl)c(C(=O)N4CC(F)(F)C4)c(Cl)c3)C2)CC1.CC(O)C(C)c1cc(Cl)ccc1Cl. The number of hydrogen-bond acceptors (Lipinski definition) is 5. The summed E-state index contributed by atoms with van der Waals surface area (Å²) in [5, 5.41) is 14.4. The van der Waals surface area contributed by atoms with E-state index in [0.717, 1.165) is 49.5 Å². The summed E-state index contributed by atoms with van der Waals surface area (Å²) in [5.74, 6) is -3.27. The monoisotopic (exact) mass is 678 g/mol. The van der Waals surface area contributed by atoms with Crippen LogP contribution >= 0.6 is 46.4 Å². The molecule has 0 radical (unpaired) electrons. The number of nitrogens with zero attached hydrogens (tertiary/aromatic N) is 3. The molecular formula is C30H36Cl4F2N4O3. The van der Waals surface area contributed by atoms with E-state index in [9.17, 15) is 23.5 Å². The van der Waals surface area contributed by atoms with E-state index in [4.69, 9.17) is 46.4 Å². The molecule has 2 aromatic carbocycles. The molecule has 2 aromatic rings. The van der Waals surface area contributed by atoms with Crippen LogP contribution in [-0.2, 0) is 4.79 Å². The van der Waals surface area contributed by atoms with Crippen LogP contribution in [0.15, 0.2) is 30.3 Å². The first-order valence-electron chi connectivity index (χ1n) is 14.2. The second kappa shape index (κ2) is 14.0. The predicted molar refractivity (Wildman–Crippen MR) is 168 cm³/mol. The smallest absolute Gasteiger partial charge is 0.282 e. The molecule has 3 saturated heterocycles. The molecule has 0 spiro atoms. The minimum Gasteiger partial charge on any atom is -0.393 e. The Morgan fingerprint density at radius 3 is 2.05 bits per heavy atom. The molecule has 43 heavy (non-hydrogen) atoms. The Bertz CT molecular complexity index is 1300. The van der Waals surface area contributed by atoms with Crippen molar-refractivity contribution in [3.63, 3.8) is 0 Å². The van der Waals surface area contributed by atoms with Crippen LogP contribution in [0.2, 0.25) is 20.1 Å². The average Bonchev–Trinajstić information content (AvgIpc) is 2.90. The first kappa shape index (κ1) is 34.0. The Morgan fingerprint density at radius 1 is 0.953 bits per heavy atom. The third-order valence-corrected chi connectivity index (χ3v) is 9.44. The van der Waals surface area contributed by atoms with Gasteiger partial charge in [-0.15, -0.1) is 0 Å². The van der Waals surface area contributed by atoms with E-state index in [-0.39, 0.29) is 33.5 Å². The van der Waals surface area contributed by atoms with E-state index in [2.05, 4.69) is 10.2 Å². The van der Waals surface area contributed by atoms with Crippen LogP contribution in [0.4, 0.5) is 14.5 Å². The van der Waals surface area contributed by atoms with E-state index in [1.807, 2.05) is 11.8 Å². The highest BCUT2D eigenvalue weighted by atomic mass is 35.5. The van der Waals surface area contributed by atoms with Gasteiger partial charge in [0.25, 0.3) is 11.8 Å². The molecule has 2 atom stereocenters. The van der Waals surface area contributed by atoms with Crippen molar-refractivity contribution in [3.05, 3.63) is 61.5 Å². The summed E-state index contributed by atoms with van der Waals surface area (Å²) < 4.78 is 26.1. The number of likely N-dealkylation sites (tertiary alicyclic amines) is 3. The van der Waals surface area contributed by atoms with Crippen LogP contribution in [0.5, 0.6) is 0 Å². The number of aliphatic hydroxyl groups is 1. The first-order valence-corrected chi connectivity index (χ1v) is 15.7. The van der Waals surface area contributed by atoms with Crippen molar-refractivity contribution in [2.75, 3.05) is 44.6 Å². The van der Waals surface area contributed by atoms with Gasteiger partial charge < -0.3 is 20.2 Å². The highest BCUT2D eigenvalue weighted by Gasteiger charge is 2.47. The number of rotatable bonds is 6. The molecule has 0 aliphatic carbocycles. The van der Waals surface area contributed by atoms with Crippen molar-refractivity contribution in [1.82, 2.24) is 14.7 Å². The molecule has 13 heteroatoms. The van der Waals surface area contributed by atoms with Crippen molar-refractivity contribution >= 4 is 63.9 Å². The Kier molecular flexibility index (Phi) is 11.1. The quantitative estimate of drug-likeness (QED) is 0.357. The molecule has 2 unspecified atom stereocenters. The fourth-order valence-electron chi connectivity index (χ4n) is 5.48. The molecule has 3 aliphatic rings.